The number of hydrogen-bond donors (Lipinski definition) is 0. The van der Waals surface area contributed by atoms with Crippen LogP contribution in [0.15, 0.2) is 33.9 Å². The smallest absolute Gasteiger partial charge is 0.200 e. The average molecular weight is 350 g/mol. The van der Waals surface area contributed by atoms with Gasteiger partial charge in [0.15, 0.2) is 11.9 Å². The quantitative estimate of drug-likeness (QED) is 0.542. The summed E-state index contributed by atoms with van der Waals surface area (Å²) in [7, 11) is 0. The third-order valence-corrected chi connectivity index (χ3v) is 4.92. The van der Waals surface area contributed by atoms with E-state index >= 15 is 0 Å². The van der Waals surface area contributed by atoms with Crippen molar-refractivity contribution in [3.63, 3.8) is 0 Å². The number of ether oxygens (including phenoxy) is 1. The second-order valence-corrected chi connectivity index (χ2v) is 6.26. The van der Waals surface area contributed by atoms with Gasteiger partial charge in [-0.2, -0.15) is 0 Å². The zero-order valence-corrected chi connectivity index (χ0v) is 13.8. The van der Waals surface area contributed by atoms with Crippen LogP contribution < -0.4 is 0 Å². The van der Waals surface area contributed by atoms with Crippen LogP contribution in [0.2, 0.25) is 0 Å². The average Bonchev–Trinajstić information content (AvgIpc) is 3.29. The van der Waals surface area contributed by atoms with E-state index < -0.39 is 17.3 Å². The number of alkyl halides is 1. The molecule has 21 heavy (non-hydrogen) atoms. The van der Waals surface area contributed by atoms with E-state index in [1.165, 1.54) is 6.08 Å². The Morgan fingerprint density at radius 3 is 2.57 bits per heavy atom. The Morgan fingerprint density at radius 2 is 2.05 bits per heavy atom. The Labute approximate surface area is 138 Å². The summed E-state index contributed by atoms with van der Waals surface area (Å²) in [5, 5.41) is -0.453. The van der Waals surface area contributed by atoms with Crippen molar-refractivity contribution >= 4 is 46.4 Å². The molecule has 0 heterocycles. The molecule has 0 radical (unpaired) electrons. The zero-order valence-electron chi connectivity index (χ0n) is 11.5. The fraction of sp³-hybridized carbons (Fsp3) is 0.467. The molecule has 0 bridgehead atoms. The monoisotopic (exact) mass is 348 g/mol. The molecule has 3 nitrogen and oxygen atoms in total. The van der Waals surface area contributed by atoms with Crippen molar-refractivity contribution in [2.24, 2.45) is 5.92 Å². The van der Waals surface area contributed by atoms with Crippen LogP contribution in [-0.4, -0.2) is 29.7 Å². The molecule has 2 aliphatic carbocycles. The Morgan fingerprint density at radius 1 is 1.43 bits per heavy atom. The first-order valence-electron chi connectivity index (χ1n) is 6.68. The molecule has 2 rings (SSSR count). The molecule has 0 N–H and O–H groups in total. The van der Waals surface area contributed by atoms with E-state index in [4.69, 9.17) is 39.5 Å². The highest BCUT2D eigenvalue weighted by atomic mass is 35.5. The highest BCUT2D eigenvalue weighted by Gasteiger charge is 2.41. The molecule has 114 valence electrons. The van der Waals surface area contributed by atoms with Gasteiger partial charge in [0.25, 0.3) is 0 Å². The van der Waals surface area contributed by atoms with Gasteiger partial charge in [0.05, 0.1) is 15.4 Å². The van der Waals surface area contributed by atoms with Crippen LogP contribution in [0.3, 0.4) is 0 Å². The van der Waals surface area contributed by atoms with Gasteiger partial charge in [-0.05, 0) is 31.4 Å². The van der Waals surface area contributed by atoms with E-state index in [1.807, 2.05) is 0 Å². The fourth-order valence-electron chi connectivity index (χ4n) is 2.08. The third-order valence-electron chi connectivity index (χ3n) is 3.40. The molecule has 6 heteroatoms. The van der Waals surface area contributed by atoms with Gasteiger partial charge in [-0.1, -0.05) is 29.8 Å². The molecule has 0 amide bonds. The maximum absolute atomic E-state index is 12.6. The minimum atomic E-state index is -1.13. The van der Waals surface area contributed by atoms with Gasteiger partial charge < -0.3 is 4.74 Å². The number of ketones is 2. The number of Topliss-reactive ketones (excluding diaryl/α,β-unsaturated/α-hetero) is 2. The normalized spacial score (nSPS) is 23.9. The number of hydrogen-bond acceptors (Lipinski definition) is 3. The lowest BCUT2D eigenvalue weighted by Gasteiger charge is -2.22. The predicted molar refractivity (Wildman–Crippen MR) is 83.7 cm³/mol. The van der Waals surface area contributed by atoms with Gasteiger partial charge in [-0.15, -0.1) is 11.6 Å². The summed E-state index contributed by atoms with van der Waals surface area (Å²) < 4.78 is 5.34. The molecular formula is C15H15Cl3O3. The van der Waals surface area contributed by atoms with Crippen molar-refractivity contribution < 1.29 is 14.3 Å². The minimum absolute atomic E-state index is 0.0577. The number of halogens is 3. The van der Waals surface area contributed by atoms with Crippen molar-refractivity contribution in [2.75, 3.05) is 6.61 Å². The van der Waals surface area contributed by atoms with Crippen molar-refractivity contribution in [2.45, 2.75) is 31.2 Å². The Bertz CT molecular complexity index is 559. The van der Waals surface area contributed by atoms with E-state index in [-0.39, 0.29) is 33.9 Å². The van der Waals surface area contributed by atoms with Crippen LogP contribution in [0.5, 0.6) is 0 Å². The summed E-state index contributed by atoms with van der Waals surface area (Å²) in [6.07, 6.45) is 1.94. The van der Waals surface area contributed by atoms with Gasteiger partial charge in [0.1, 0.15) is 0 Å². The Kier molecular flexibility index (Phi) is 5.31. The van der Waals surface area contributed by atoms with Crippen molar-refractivity contribution in [1.82, 2.24) is 0 Å². The summed E-state index contributed by atoms with van der Waals surface area (Å²) >= 11 is 18.1. The van der Waals surface area contributed by atoms with Crippen LogP contribution in [0.25, 0.3) is 0 Å². The van der Waals surface area contributed by atoms with Gasteiger partial charge >= 0.3 is 0 Å². The maximum Gasteiger partial charge on any atom is 0.200 e. The van der Waals surface area contributed by atoms with Crippen molar-refractivity contribution in [3.8, 4) is 0 Å². The summed E-state index contributed by atoms with van der Waals surface area (Å²) in [6.45, 7) is 5.74. The molecule has 0 aliphatic heterocycles. The Balaban J connectivity index is 2.30. The van der Waals surface area contributed by atoms with E-state index in [0.29, 0.717) is 5.57 Å². The maximum atomic E-state index is 12.6. The SMILES string of the molecule is C=C1C=C(C(=O)C(OCC)C(=O)C2CC2)C(Cl)=C(Cl)C1Cl. The lowest BCUT2D eigenvalue weighted by Crippen LogP contribution is -2.36. The van der Waals surface area contributed by atoms with Gasteiger partial charge in [-0.3, -0.25) is 9.59 Å². The van der Waals surface area contributed by atoms with Crippen molar-refractivity contribution in [1.29, 1.82) is 0 Å². The molecule has 1 fully saturated rings. The summed E-state index contributed by atoms with van der Waals surface area (Å²) in [4.78, 5) is 24.8. The highest BCUT2D eigenvalue weighted by molar-refractivity contribution is 6.47. The summed E-state index contributed by atoms with van der Waals surface area (Å²) in [6, 6.07) is 0. The first-order valence-corrected chi connectivity index (χ1v) is 7.87. The fourth-order valence-corrected chi connectivity index (χ4v) is 2.81. The van der Waals surface area contributed by atoms with Crippen LogP contribution >= 0.6 is 34.8 Å². The van der Waals surface area contributed by atoms with Gasteiger partial charge in [0.2, 0.25) is 5.78 Å². The predicted octanol–water partition coefficient (Wildman–Crippen LogP) is 3.73. The molecule has 2 atom stereocenters. The molecule has 2 unspecified atom stereocenters. The number of carbonyl (C=O) groups is 2. The topological polar surface area (TPSA) is 43.4 Å². The molecular weight excluding hydrogens is 335 g/mol. The summed E-state index contributed by atoms with van der Waals surface area (Å²) in [5.41, 5.74) is 0.597. The molecule has 0 aromatic heterocycles. The third kappa shape index (κ3) is 3.42. The first kappa shape index (κ1) is 16.8. The number of carbonyl (C=O) groups excluding carboxylic acids is 2. The molecule has 0 aromatic rings. The van der Waals surface area contributed by atoms with Crippen LogP contribution in [-0.2, 0) is 14.3 Å². The standard InChI is InChI=1S/C15H15Cl3O3/c1-3-21-15(13(19)8-4-5-8)14(20)9-6-7(2)10(16)12(18)11(9)17/h6,8,10,15H,2-5H2,1H3. The second kappa shape index (κ2) is 6.66. The largest absolute Gasteiger partial charge is 0.362 e. The molecule has 2 aliphatic rings. The van der Waals surface area contributed by atoms with Crippen molar-refractivity contribution in [3.05, 3.63) is 33.9 Å². The highest BCUT2D eigenvalue weighted by Crippen LogP contribution is 2.38. The minimum Gasteiger partial charge on any atom is -0.362 e. The lowest BCUT2D eigenvalue weighted by molar-refractivity contribution is -0.140. The van der Waals surface area contributed by atoms with Gasteiger partial charge in [-0.25, -0.2) is 0 Å². The zero-order chi connectivity index (χ0) is 15.7. The van der Waals surface area contributed by atoms with Crippen LogP contribution in [0, 0.1) is 5.92 Å². The first-order chi connectivity index (χ1) is 9.88. The van der Waals surface area contributed by atoms with E-state index in [1.54, 1.807) is 6.92 Å². The van der Waals surface area contributed by atoms with E-state index in [0.717, 1.165) is 12.8 Å². The molecule has 0 aromatic carbocycles. The molecule has 0 saturated heterocycles. The van der Waals surface area contributed by atoms with Crippen LogP contribution in [0.1, 0.15) is 19.8 Å². The van der Waals surface area contributed by atoms with E-state index in [9.17, 15) is 9.59 Å². The second-order valence-electron chi connectivity index (χ2n) is 5.03. The molecule has 0 spiro atoms. The lowest BCUT2D eigenvalue weighted by atomic mass is 9.94. The molecule has 1 saturated carbocycles. The van der Waals surface area contributed by atoms with Gasteiger partial charge in [0, 0.05) is 18.1 Å². The van der Waals surface area contributed by atoms with Crippen LogP contribution in [0.4, 0.5) is 0 Å². The Hall–Kier alpha value is -0.610. The van der Waals surface area contributed by atoms with E-state index in [2.05, 4.69) is 6.58 Å². The number of allylic oxidation sites excluding steroid dienone is 4. The number of rotatable bonds is 6. The summed E-state index contributed by atoms with van der Waals surface area (Å²) in [5.74, 6) is -0.763.